The third-order valence-corrected chi connectivity index (χ3v) is 2.07. The molecule has 1 heteroatoms. The zero-order valence-electron chi connectivity index (χ0n) is 5.60. The second kappa shape index (κ2) is 2.14. The van der Waals surface area contributed by atoms with Gasteiger partial charge in [-0.1, -0.05) is 6.08 Å². The van der Waals surface area contributed by atoms with Crippen LogP contribution in [0.5, 0.6) is 0 Å². The Hall–Kier alpha value is -0.300. The Bertz CT molecular complexity index is 134. The van der Waals surface area contributed by atoms with Crippen LogP contribution >= 0.6 is 0 Å². The van der Waals surface area contributed by atoms with Crippen LogP contribution in [0.3, 0.4) is 0 Å². The van der Waals surface area contributed by atoms with E-state index < -0.39 is 0 Å². The van der Waals surface area contributed by atoms with Crippen LogP contribution < -0.4 is 0 Å². The van der Waals surface area contributed by atoms with Gasteiger partial charge in [-0.3, -0.25) is 0 Å². The average Bonchev–Trinajstić information content (AvgIpc) is 2.71. The second-order valence-electron chi connectivity index (χ2n) is 2.85. The molecule has 0 aromatic rings. The molecule has 0 bridgehead atoms. The van der Waals surface area contributed by atoms with E-state index in [1.807, 2.05) is 0 Å². The maximum Gasteiger partial charge on any atom is 0.102 e. The molecule has 1 saturated heterocycles. The molecule has 0 radical (unpaired) electrons. The third-order valence-electron chi connectivity index (χ3n) is 2.07. The minimum atomic E-state index is 0.547. The smallest absolute Gasteiger partial charge is 0.102 e. The summed E-state index contributed by atoms with van der Waals surface area (Å²) in [4.78, 5) is 0. The highest BCUT2D eigenvalue weighted by Gasteiger charge is 2.27. The lowest BCUT2D eigenvalue weighted by molar-refractivity contribution is 0.423. The Morgan fingerprint density at radius 1 is 1.44 bits per heavy atom. The van der Waals surface area contributed by atoms with Crippen LogP contribution in [0, 0.1) is 0 Å². The van der Waals surface area contributed by atoms with Gasteiger partial charge in [0.25, 0.3) is 0 Å². The first-order valence-corrected chi connectivity index (χ1v) is 3.77. The number of allylic oxidation sites excluding steroid dienone is 1. The number of epoxide rings is 1. The summed E-state index contributed by atoms with van der Waals surface area (Å²) in [5, 5.41) is 0. The van der Waals surface area contributed by atoms with Gasteiger partial charge in [0.05, 0.1) is 6.61 Å². The van der Waals surface area contributed by atoms with Gasteiger partial charge in [-0.25, -0.2) is 0 Å². The molecule has 1 aliphatic heterocycles. The van der Waals surface area contributed by atoms with Gasteiger partial charge < -0.3 is 4.74 Å². The Morgan fingerprint density at radius 3 is 2.89 bits per heavy atom. The fourth-order valence-corrected chi connectivity index (χ4v) is 1.42. The van der Waals surface area contributed by atoms with E-state index in [0.717, 1.165) is 6.61 Å². The quantitative estimate of drug-likeness (QED) is 0.384. The first-order valence-electron chi connectivity index (χ1n) is 3.77. The first-order chi connectivity index (χ1) is 4.47. The highest BCUT2D eigenvalue weighted by molar-refractivity contribution is 5.14. The highest BCUT2D eigenvalue weighted by Crippen LogP contribution is 2.28. The Balaban J connectivity index is 1.99. The van der Waals surface area contributed by atoms with Crippen LogP contribution in [-0.2, 0) is 4.74 Å². The molecule has 1 heterocycles. The van der Waals surface area contributed by atoms with Crippen LogP contribution in [0.4, 0.5) is 0 Å². The number of hydrogen-bond donors (Lipinski definition) is 0. The van der Waals surface area contributed by atoms with Gasteiger partial charge in [0.2, 0.25) is 0 Å². The second-order valence-corrected chi connectivity index (χ2v) is 2.85. The lowest BCUT2D eigenvalue weighted by Gasteiger charge is -2.08. The summed E-state index contributed by atoms with van der Waals surface area (Å²) in [6.45, 7) is 0.992. The number of ether oxygens (including phenoxy) is 1. The van der Waals surface area contributed by atoms with Crippen molar-refractivity contribution in [1.29, 1.82) is 0 Å². The summed E-state index contributed by atoms with van der Waals surface area (Å²) in [5.41, 5.74) is 1.57. The lowest BCUT2D eigenvalue weighted by atomic mass is 9.98. The molecule has 1 unspecified atom stereocenters. The summed E-state index contributed by atoms with van der Waals surface area (Å²) in [7, 11) is 0. The molecule has 0 aromatic carbocycles. The van der Waals surface area contributed by atoms with Crippen molar-refractivity contribution in [3.63, 3.8) is 0 Å². The van der Waals surface area contributed by atoms with Crippen molar-refractivity contribution < 1.29 is 4.74 Å². The third kappa shape index (κ3) is 1.16. The van der Waals surface area contributed by atoms with Crippen molar-refractivity contribution in [3.8, 4) is 0 Å². The molecular formula is C8H12O. The van der Waals surface area contributed by atoms with Crippen LogP contribution in [0.15, 0.2) is 11.6 Å². The minimum absolute atomic E-state index is 0.547. The maximum atomic E-state index is 5.18. The van der Waals surface area contributed by atoms with Crippen molar-refractivity contribution in [1.82, 2.24) is 0 Å². The fraction of sp³-hybridized carbons (Fsp3) is 0.750. The fourth-order valence-electron chi connectivity index (χ4n) is 1.42. The van der Waals surface area contributed by atoms with Crippen molar-refractivity contribution in [2.24, 2.45) is 0 Å². The average molecular weight is 124 g/mol. The van der Waals surface area contributed by atoms with Crippen LogP contribution in [0.25, 0.3) is 0 Å². The Morgan fingerprint density at radius 2 is 2.33 bits per heavy atom. The molecule has 0 saturated carbocycles. The summed E-state index contributed by atoms with van der Waals surface area (Å²) >= 11 is 0. The summed E-state index contributed by atoms with van der Waals surface area (Å²) < 4.78 is 5.18. The molecule has 0 aromatic heterocycles. The van der Waals surface area contributed by atoms with E-state index >= 15 is 0 Å². The largest absolute Gasteiger partial charge is 0.368 e. The molecule has 1 fully saturated rings. The highest BCUT2D eigenvalue weighted by atomic mass is 16.6. The maximum absolute atomic E-state index is 5.18. The molecule has 2 rings (SSSR count). The molecule has 50 valence electrons. The summed E-state index contributed by atoms with van der Waals surface area (Å²) in [5.74, 6) is 0. The molecule has 0 spiro atoms. The van der Waals surface area contributed by atoms with Gasteiger partial charge in [-0.15, -0.1) is 0 Å². The molecular weight excluding hydrogens is 112 g/mol. The van der Waals surface area contributed by atoms with Crippen molar-refractivity contribution >= 4 is 0 Å². The molecule has 1 nitrogen and oxygen atoms in total. The van der Waals surface area contributed by atoms with E-state index in [-0.39, 0.29) is 0 Å². The van der Waals surface area contributed by atoms with Gasteiger partial charge in [-0.05, 0) is 31.3 Å². The zero-order chi connectivity index (χ0) is 6.10. The van der Waals surface area contributed by atoms with E-state index in [1.54, 1.807) is 5.57 Å². The van der Waals surface area contributed by atoms with E-state index in [1.165, 1.54) is 25.7 Å². The monoisotopic (exact) mass is 124 g/mol. The Kier molecular flexibility index (Phi) is 1.31. The number of hydrogen-bond acceptors (Lipinski definition) is 1. The van der Waals surface area contributed by atoms with Gasteiger partial charge in [-0.2, -0.15) is 0 Å². The van der Waals surface area contributed by atoms with Crippen molar-refractivity contribution in [2.45, 2.75) is 31.8 Å². The SMILES string of the molecule is C1=C(C2CO2)CCCC1. The molecule has 2 aliphatic rings. The number of rotatable bonds is 1. The Labute approximate surface area is 55.7 Å². The summed E-state index contributed by atoms with van der Waals surface area (Å²) in [6.07, 6.45) is 8.26. The topological polar surface area (TPSA) is 12.5 Å². The van der Waals surface area contributed by atoms with Gasteiger partial charge in [0, 0.05) is 0 Å². The first kappa shape index (κ1) is 5.48. The molecule has 1 atom stereocenters. The van der Waals surface area contributed by atoms with E-state index in [2.05, 4.69) is 6.08 Å². The van der Waals surface area contributed by atoms with E-state index in [0.29, 0.717) is 6.10 Å². The van der Waals surface area contributed by atoms with Crippen molar-refractivity contribution in [2.75, 3.05) is 6.61 Å². The zero-order valence-corrected chi connectivity index (χ0v) is 5.60. The van der Waals surface area contributed by atoms with E-state index in [9.17, 15) is 0 Å². The van der Waals surface area contributed by atoms with Gasteiger partial charge in [0.15, 0.2) is 0 Å². The van der Waals surface area contributed by atoms with Gasteiger partial charge in [0.1, 0.15) is 6.10 Å². The van der Waals surface area contributed by atoms with Crippen LogP contribution in [0.2, 0.25) is 0 Å². The van der Waals surface area contributed by atoms with E-state index in [4.69, 9.17) is 4.74 Å². The molecule has 9 heavy (non-hydrogen) atoms. The molecule has 1 aliphatic carbocycles. The van der Waals surface area contributed by atoms with Gasteiger partial charge >= 0.3 is 0 Å². The molecule has 0 amide bonds. The van der Waals surface area contributed by atoms with Crippen LogP contribution in [-0.4, -0.2) is 12.7 Å². The lowest BCUT2D eigenvalue weighted by Crippen LogP contribution is -1.97. The van der Waals surface area contributed by atoms with Crippen molar-refractivity contribution in [3.05, 3.63) is 11.6 Å². The predicted molar refractivity (Wildman–Crippen MR) is 36.3 cm³/mol. The van der Waals surface area contributed by atoms with Crippen LogP contribution in [0.1, 0.15) is 25.7 Å². The minimum Gasteiger partial charge on any atom is -0.368 e. The predicted octanol–water partition coefficient (Wildman–Crippen LogP) is 1.89. The normalized spacial score (nSPS) is 33.8. The molecule has 0 N–H and O–H groups in total. The summed E-state index contributed by atoms with van der Waals surface area (Å²) in [6, 6.07) is 0. The standard InChI is InChI=1S/C8H12O/c1-2-4-7(5-3-1)8-6-9-8/h4,8H,1-3,5-6H2.